The van der Waals surface area contributed by atoms with Gasteiger partial charge in [0, 0.05) is 45.5 Å². The number of aromatic nitrogens is 2. The average Bonchev–Trinajstić information content (AvgIpc) is 2.80. The molecular formula is C23H20BrCl2FN4O2. The van der Waals surface area contributed by atoms with Crippen molar-refractivity contribution in [3.63, 3.8) is 0 Å². The topological polar surface area (TPSA) is 70.8 Å². The van der Waals surface area contributed by atoms with Gasteiger partial charge in [-0.1, -0.05) is 51.3 Å². The van der Waals surface area contributed by atoms with E-state index in [9.17, 15) is 9.50 Å². The van der Waals surface area contributed by atoms with Gasteiger partial charge in [0.05, 0.1) is 31.0 Å². The summed E-state index contributed by atoms with van der Waals surface area (Å²) in [6.07, 6.45) is 2.63. The number of hydrogen-bond donors (Lipinski definition) is 1. The van der Waals surface area contributed by atoms with Gasteiger partial charge in [-0.3, -0.25) is 4.99 Å². The second kappa shape index (κ2) is 10.3. The van der Waals surface area contributed by atoms with Gasteiger partial charge in [-0.25, -0.2) is 14.4 Å². The van der Waals surface area contributed by atoms with Crippen LogP contribution in [0.15, 0.2) is 39.9 Å². The number of morpholine rings is 1. The van der Waals surface area contributed by atoms with Gasteiger partial charge in [0.15, 0.2) is 17.5 Å². The molecule has 0 aliphatic carbocycles. The van der Waals surface area contributed by atoms with E-state index in [2.05, 4.69) is 30.9 Å². The second-order valence-electron chi connectivity index (χ2n) is 7.44. The highest BCUT2D eigenvalue weighted by Gasteiger charge is 2.20. The van der Waals surface area contributed by atoms with Crippen molar-refractivity contribution in [3.05, 3.63) is 67.7 Å². The summed E-state index contributed by atoms with van der Waals surface area (Å²) < 4.78 is 20.2. The highest BCUT2D eigenvalue weighted by Crippen LogP contribution is 2.45. The van der Waals surface area contributed by atoms with Crippen molar-refractivity contribution in [1.29, 1.82) is 0 Å². The number of hydrogen-bond acceptors (Lipinski definition) is 6. The lowest BCUT2D eigenvalue weighted by molar-refractivity contribution is 0.122. The van der Waals surface area contributed by atoms with Gasteiger partial charge in [-0.15, -0.1) is 0 Å². The molecule has 1 aliphatic rings. The van der Waals surface area contributed by atoms with Crippen molar-refractivity contribution in [1.82, 2.24) is 9.97 Å². The number of ether oxygens (including phenoxy) is 1. The molecule has 4 rings (SSSR count). The summed E-state index contributed by atoms with van der Waals surface area (Å²) in [6, 6.07) is 7.26. The Morgan fingerprint density at radius 2 is 2.03 bits per heavy atom. The molecule has 2 aromatic carbocycles. The zero-order valence-electron chi connectivity index (χ0n) is 17.7. The highest BCUT2D eigenvalue weighted by molar-refractivity contribution is 9.10. The molecule has 0 amide bonds. The molecule has 0 spiro atoms. The van der Waals surface area contributed by atoms with Crippen molar-refractivity contribution in [3.8, 4) is 16.9 Å². The lowest BCUT2D eigenvalue weighted by Gasteiger charge is -2.28. The van der Waals surface area contributed by atoms with Crippen LogP contribution < -0.4 is 4.90 Å². The van der Waals surface area contributed by atoms with Crippen LogP contribution in [0.4, 0.5) is 10.2 Å². The number of anilines is 1. The first kappa shape index (κ1) is 23.9. The van der Waals surface area contributed by atoms with Crippen LogP contribution in [0.5, 0.6) is 5.75 Å². The van der Waals surface area contributed by atoms with E-state index in [1.807, 2.05) is 24.0 Å². The smallest absolute Gasteiger partial charge is 0.183 e. The minimum absolute atomic E-state index is 0.109. The van der Waals surface area contributed by atoms with Crippen LogP contribution in [-0.2, 0) is 11.3 Å². The molecule has 172 valence electrons. The molecule has 0 atom stereocenters. The van der Waals surface area contributed by atoms with Crippen LogP contribution >= 0.6 is 39.1 Å². The molecule has 1 fully saturated rings. The number of halogens is 4. The first-order valence-electron chi connectivity index (χ1n) is 10.2. The van der Waals surface area contributed by atoms with E-state index in [0.29, 0.717) is 52.7 Å². The maximum absolute atomic E-state index is 14.2. The Balaban J connectivity index is 1.58. The minimum atomic E-state index is -0.483. The standard InChI is InChI=1S/C23H20BrCl2FN4O2/c1-13-3-2-4-16(25)19(13)20-15(24)9-14(22(32)21(20)26)10-28-12-18-29-11-17(27)23(30-18)31-5-7-33-8-6-31/h2-4,9-11,32H,5-8,12H2,1H3. The SMILES string of the molecule is Cc1cccc(Cl)c1-c1c(Br)cc(C=NCc2ncc(F)c(N3CCOCC3)n2)c(O)c1Cl. The monoisotopic (exact) mass is 552 g/mol. The molecule has 1 aliphatic heterocycles. The molecule has 3 aromatic rings. The molecule has 0 unspecified atom stereocenters. The third-order valence-corrected chi connectivity index (χ3v) is 6.55. The first-order valence-corrected chi connectivity index (χ1v) is 11.7. The normalized spacial score (nSPS) is 14.3. The van der Waals surface area contributed by atoms with Crippen LogP contribution in [0.1, 0.15) is 17.0 Å². The molecule has 1 N–H and O–H groups in total. The number of benzene rings is 2. The number of nitrogens with zero attached hydrogens (tertiary/aromatic N) is 4. The van der Waals surface area contributed by atoms with Crippen molar-refractivity contribution >= 4 is 51.2 Å². The van der Waals surface area contributed by atoms with E-state index in [-0.39, 0.29) is 23.1 Å². The molecule has 6 nitrogen and oxygen atoms in total. The number of phenolic OH excluding ortho intramolecular Hbond substituents is 1. The molecule has 2 heterocycles. The summed E-state index contributed by atoms with van der Waals surface area (Å²) in [4.78, 5) is 14.5. The maximum Gasteiger partial charge on any atom is 0.183 e. The van der Waals surface area contributed by atoms with E-state index in [0.717, 1.165) is 17.3 Å². The summed E-state index contributed by atoms with van der Waals surface area (Å²) in [5, 5.41) is 11.4. The van der Waals surface area contributed by atoms with Crippen molar-refractivity contribution in [2.24, 2.45) is 4.99 Å². The number of aliphatic imine (C=N–C) groups is 1. The maximum atomic E-state index is 14.2. The largest absolute Gasteiger partial charge is 0.506 e. The Hall–Kier alpha value is -2.26. The molecule has 10 heteroatoms. The summed E-state index contributed by atoms with van der Waals surface area (Å²) in [5.74, 6) is 0.00381. The minimum Gasteiger partial charge on any atom is -0.506 e. The van der Waals surface area contributed by atoms with Crippen molar-refractivity contribution < 1.29 is 14.2 Å². The van der Waals surface area contributed by atoms with Gasteiger partial charge in [-0.2, -0.15) is 0 Å². The molecule has 33 heavy (non-hydrogen) atoms. The fraction of sp³-hybridized carbons (Fsp3) is 0.261. The third kappa shape index (κ3) is 5.14. The molecule has 0 saturated carbocycles. The van der Waals surface area contributed by atoms with Gasteiger partial charge in [0.2, 0.25) is 0 Å². The Kier molecular flexibility index (Phi) is 7.48. The van der Waals surface area contributed by atoms with E-state index in [4.69, 9.17) is 27.9 Å². The van der Waals surface area contributed by atoms with Crippen LogP contribution in [0.3, 0.4) is 0 Å². The Morgan fingerprint density at radius 3 is 2.76 bits per heavy atom. The molecular weight excluding hydrogens is 534 g/mol. The summed E-state index contributed by atoms with van der Waals surface area (Å²) >= 11 is 16.5. The highest BCUT2D eigenvalue weighted by atomic mass is 79.9. The zero-order valence-corrected chi connectivity index (χ0v) is 20.8. The van der Waals surface area contributed by atoms with Gasteiger partial charge in [0.1, 0.15) is 5.75 Å². The second-order valence-corrected chi connectivity index (χ2v) is 9.08. The predicted molar refractivity (Wildman–Crippen MR) is 132 cm³/mol. The van der Waals surface area contributed by atoms with Gasteiger partial charge >= 0.3 is 0 Å². The third-order valence-electron chi connectivity index (χ3n) is 5.24. The molecule has 0 radical (unpaired) electrons. The van der Waals surface area contributed by atoms with E-state index < -0.39 is 5.82 Å². The lowest BCUT2D eigenvalue weighted by Crippen LogP contribution is -2.37. The van der Waals surface area contributed by atoms with Crippen LogP contribution in [0.25, 0.3) is 11.1 Å². The Bertz CT molecular complexity index is 1200. The lowest BCUT2D eigenvalue weighted by atomic mass is 9.98. The predicted octanol–water partition coefficient (Wildman–Crippen LogP) is 5.82. The fourth-order valence-electron chi connectivity index (χ4n) is 3.60. The Labute approximate surface area is 209 Å². The zero-order chi connectivity index (χ0) is 23.5. The van der Waals surface area contributed by atoms with E-state index in [1.165, 1.54) is 6.21 Å². The summed E-state index contributed by atoms with van der Waals surface area (Å²) in [7, 11) is 0. The van der Waals surface area contributed by atoms with Gasteiger partial charge < -0.3 is 14.7 Å². The average molecular weight is 554 g/mol. The van der Waals surface area contributed by atoms with Crippen LogP contribution in [0, 0.1) is 12.7 Å². The Morgan fingerprint density at radius 1 is 1.27 bits per heavy atom. The molecule has 0 bridgehead atoms. The van der Waals surface area contributed by atoms with Crippen molar-refractivity contribution in [2.75, 3.05) is 31.2 Å². The van der Waals surface area contributed by atoms with Gasteiger partial charge in [-0.05, 0) is 24.6 Å². The van der Waals surface area contributed by atoms with E-state index >= 15 is 0 Å². The molecule has 1 aromatic heterocycles. The number of aromatic hydroxyl groups is 1. The summed E-state index contributed by atoms with van der Waals surface area (Å²) in [6.45, 7) is 4.20. The van der Waals surface area contributed by atoms with E-state index in [1.54, 1.807) is 12.1 Å². The fourth-order valence-corrected chi connectivity index (χ4v) is 4.97. The molecule has 1 saturated heterocycles. The van der Waals surface area contributed by atoms with Crippen LogP contribution in [-0.4, -0.2) is 47.6 Å². The van der Waals surface area contributed by atoms with Crippen LogP contribution in [0.2, 0.25) is 10.0 Å². The van der Waals surface area contributed by atoms with Crippen molar-refractivity contribution in [2.45, 2.75) is 13.5 Å². The quantitative estimate of drug-likeness (QED) is 0.403. The first-order chi connectivity index (χ1) is 15.9. The number of rotatable bonds is 5. The number of phenols is 1. The number of aryl methyl sites for hydroxylation is 1. The van der Waals surface area contributed by atoms with Gasteiger partial charge in [0.25, 0.3) is 0 Å². The summed E-state index contributed by atoms with van der Waals surface area (Å²) in [5.41, 5.74) is 2.68.